The first-order chi connectivity index (χ1) is 16.7. The summed E-state index contributed by atoms with van der Waals surface area (Å²) in [4.78, 5) is 29.0. The summed E-state index contributed by atoms with van der Waals surface area (Å²) in [5.74, 6) is -0.448. The molecule has 186 valence electrons. The summed E-state index contributed by atoms with van der Waals surface area (Å²) in [7, 11) is 0. The maximum absolute atomic E-state index is 13.0. The number of aromatic nitrogens is 2. The number of carboxylic acid groups (broad SMARTS) is 1. The van der Waals surface area contributed by atoms with Crippen molar-refractivity contribution in [1.82, 2.24) is 10.1 Å². The van der Waals surface area contributed by atoms with Gasteiger partial charge in [0.05, 0.1) is 21.4 Å². The Morgan fingerprint density at radius 2 is 2.09 bits per heavy atom. The molecule has 1 saturated carbocycles. The average molecular weight is 515 g/mol. The number of rotatable bonds is 11. The third-order valence-corrected chi connectivity index (χ3v) is 7.21. The van der Waals surface area contributed by atoms with Crippen LogP contribution in [-0.2, 0) is 16.0 Å². The molecule has 2 aromatic heterocycles. The SMILES string of the molecule is Cc1ccc(NC(=O)C[C@H](CCC(=O)[O-])c2noc(-c3csc(CC(C)C)n3)c2C2CC2)c(Cl)c1. The van der Waals surface area contributed by atoms with Crippen LogP contribution in [0.25, 0.3) is 11.5 Å². The van der Waals surface area contributed by atoms with E-state index in [1.165, 1.54) is 0 Å². The highest BCUT2D eigenvalue weighted by atomic mass is 35.5. The van der Waals surface area contributed by atoms with Gasteiger partial charge >= 0.3 is 0 Å². The Labute approximate surface area is 213 Å². The number of carbonyl (C=O) groups is 2. The summed E-state index contributed by atoms with van der Waals surface area (Å²) in [5.41, 5.74) is 3.86. The molecule has 0 spiro atoms. The first-order valence-electron chi connectivity index (χ1n) is 11.9. The Balaban J connectivity index is 1.60. The number of carbonyl (C=O) groups excluding carboxylic acids is 2. The second-order valence-corrected chi connectivity index (χ2v) is 11.0. The van der Waals surface area contributed by atoms with E-state index in [1.54, 1.807) is 23.5 Å². The molecule has 2 heterocycles. The smallest absolute Gasteiger partial charge is 0.225 e. The quantitative estimate of drug-likeness (QED) is 0.363. The van der Waals surface area contributed by atoms with Gasteiger partial charge in [-0.2, -0.15) is 0 Å². The maximum atomic E-state index is 13.0. The molecule has 0 radical (unpaired) electrons. The molecule has 3 aromatic rings. The molecule has 1 aliphatic carbocycles. The predicted octanol–water partition coefficient (Wildman–Crippen LogP) is 5.48. The third kappa shape index (κ3) is 6.49. The molecule has 1 aliphatic rings. The Bertz CT molecular complexity index is 1220. The summed E-state index contributed by atoms with van der Waals surface area (Å²) in [6, 6.07) is 5.40. The van der Waals surface area contributed by atoms with E-state index in [2.05, 4.69) is 24.3 Å². The minimum Gasteiger partial charge on any atom is -0.550 e. The van der Waals surface area contributed by atoms with E-state index in [0.29, 0.717) is 28.1 Å². The first-order valence-corrected chi connectivity index (χ1v) is 13.2. The Hall–Kier alpha value is -2.71. The standard InChI is InChI=1S/C26H30ClN3O4S/c1-14(2)10-22-29-20(13-35-22)26-24(16-5-6-16)25(30-34-26)17(7-9-23(32)33)12-21(31)28-19-8-4-15(3)11-18(19)27/h4,8,11,13-14,16-17H,5-7,9-10,12H2,1-3H3,(H,28,31)(H,32,33)/p-1/t17-/m0/s1. The second kappa shape index (κ2) is 10.9. The van der Waals surface area contributed by atoms with Crippen LogP contribution < -0.4 is 10.4 Å². The number of halogens is 1. The number of amides is 1. The maximum Gasteiger partial charge on any atom is 0.225 e. The monoisotopic (exact) mass is 514 g/mol. The van der Waals surface area contributed by atoms with Crippen LogP contribution in [0.15, 0.2) is 28.1 Å². The molecule has 0 unspecified atom stereocenters. The summed E-state index contributed by atoms with van der Waals surface area (Å²) in [6.07, 6.45) is 2.99. The molecule has 0 aliphatic heterocycles. The van der Waals surface area contributed by atoms with Crippen LogP contribution in [0.3, 0.4) is 0 Å². The first kappa shape index (κ1) is 25.4. The van der Waals surface area contributed by atoms with Crippen molar-refractivity contribution in [1.29, 1.82) is 0 Å². The normalized spacial score (nSPS) is 14.3. The van der Waals surface area contributed by atoms with Crippen molar-refractivity contribution in [3.8, 4) is 11.5 Å². The molecule has 1 atom stereocenters. The zero-order valence-corrected chi connectivity index (χ0v) is 21.7. The molecule has 1 aromatic carbocycles. The minimum absolute atomic E-state index is 0.0544. The van der Waals surface area contributed by atoms with E-state index in [1.807, 2.05) is 18.4 Å². The van der Waals surface area contributed by atoms with Gasteiger partial charge in [-0.3, -0.25) is 4.79 Å². The zero-order valence-electron chi connectivity index (χ0n) is 20.1. The lowest BCUT2D eigenvalue weighted by molar-refractivity contribution is -0.305. The molecular formula is C26H29ClN3O4S-. The van der Waals surface area contributed by atoms with E-state index in [9.17, 15) is 14.7 Å². The van der Waals surface area contributed by atoms with Gasteiger partial charge < -0.3 is 19.7 Å². The van der Waals surface area contributed by atoms with Crippen LogP contribution >= 0.6 is 22.9 Å². The predicted molar refractivity (Wildman–Crippen MR) is 135 cm³/mol. The van der Waals surface area contributed by atoms with Crippen LogP contribution in [0.5, 0.6) is 0 Å². The number of aryl methyl sites for hydroxylation is 1. The lowest BCUT2D eigenvalue weighted by atomic mass is 9.90. The van der Waals surface area contributed by atoms with Gasteiger partial charge in [0.15, 0.2) is 5.76 Å². The van der Waals surface area contributed by atoms with E-state index in [0.717, 1.165) is 41.1 Å². The van der Waals surface area contributed by atoms with Crippen molar-refractivity contribution in [2.75, 3.05) is 5.32 Å². The average Bonchev–Trinajstić information content (AvgIpc) is 3.36. The van der Waals surface area contributed by atoms with E-state index >= 15 is 0 Å². The number of nitrogens with zero attached hydrogens (tertiary/aromatic N) is 2. The third-order valence-electron chi connectivity index (χ3n) is 6.02. The number of aliphatic carboxylic acids is 1. The lowest BCUT2D eigenvalue weighted by Crippen LogP contribution is -2.24. The molecule has 7 nitrogen and oxygen atoms in total. The van der Waals surface area contributed by atoms with Crippen LogP contribution in [0, 0.1) is 12.8 Å². The molecule has 1 amide bonds. The number of nitrogens with one attached hydrogen (secondary N) is 1. The largest absolute Gasteiger partial charge is 0.550 e. The van der Waals surface area contributed by atoms with Crippen molar-refractivity contribution >= 4 is 40.5 Å². The number of hydrogen-bond acceptors (Lipinski definition) is 7. The minimum atomic E-state index is -1.16. The number of carboxylic acids is 1. The topological polar surface area (TPSA) is 108 Å². The number of anilines is 1. The van der Waals surface area contributed by atoms with Crippen LogP contribution in [-0.4, -0.2) is 22.0 Å². The molecule has 0 bridgehead atoms. The van der Waals surface area contributed by atoms with Gasteiger partial charge in [0.1, 0.15) is 5.69 Å². The van der Waals surface area contributed by atoms with Crippen molar-refractivity contribution < 1.29 is 19.2 Å². The molecule has 35 heavy (non-hydrogen) atoms. The molecule has 0 saturated heterocycles. The summed E-state index contributed by atoms with van der Waals surface area (Å²) in [6.45, 7) is 6.23. The lowest BCUT2D eigenvalue weighted by Gasteiger charge is -2.17. The molecule has 9 heteroatoms. The summed E-state index contributed by atoms with van der Waals surface area (Å²) >= 11 is 7.87. The van der Waals surface area contributed by atoms with Gasteiger partial charge in [-0.1, -0.05) is 36.7 Å². The zero-order chi connectivity index (χ0) is 25.1. The number of hydrogen-bond donors (Lipinski definition) is 1. The Kier molecular flexibility index (Phi) is 7.91. The highest BCUT2D eigenvalue weighted by Gasteiger charge is 2.36. The van der Waals surface area contributed by atoms with Crippen LogP contribution in [0.1, 0.15) is 79.6 Å². The van der Waals surface area contributed by atoms with Gasteiger partial charge in [0.2, 0.25) is 5.91 Å². The molecular weight excluding hydrogens is 486 g/mol. The number of benzene rings is 1. The van der Waals surface area contributed by atoms with Gasteiger partial charge in [0, 0.05) is 35.7 Å². The van der Waals surface area contributed by atoms with Gasteiger partial charge in [0.25, 0.3) is 0 Å². The highest BCUT2D eigenvalue weighted by Crippen LogP contribution is 2.48. The Morgan fingerprint density at radius 3 is 2.74 bits per heavy atom. The van der Waals surface area contributed by atoms with Crippen LogP contribution in [0.2, 0.25) is 5.02 Å². The van der Waals surface area contributed by atoms with Crippen molar-refractivity contribution in [3.05, 3.63) is 50.4 Å². The summed E-state index contributed by atoms with van der Waals surface area (Å²) < 4.78 is 5.80. The summed E-state index contributed by atoms with van der Waals surface area (Å²) in [5, 5.41) is 21.9. The highest BCUT2D eigenvalue weighted by molar-refractivity contribution is 7.09. The Morgan fingerprint density at radius 1 is 1.31 bits per heavy atom. The van der Waals surface area contributed by atoms with Gasteiger partial charge in [-0.05, 0) is 62.1 Å². The molecule has 4 rings (SSSR count). The second-order valence-electron chi connectivity index (χ2n) is 9.65. The fourth-order valence-electron chi connectivity index (χ4n) is 4.19. The van der Waals surface area contributed by atoms with E-state index in [4.69, 9.17) is 21.1 Å². The van der Waals surface area contributed by atoms with Crippen LogP contribution in [0.4, 0.5) is 5.69 Å². The van der Waals surface area contributed by atoms with Crippen molar-refractivity contribution in [2.24, 2.45) is 5.92 Å². The van der Waals surface area contributed by atoms with Gasteiger partial charge in [-0.25, -0.2) is 4.98 Å². The molecule has 1 N–H and O–H groups in total. The van der Waals surface area contributed by atoms with Gasteiger partial charge in [-0.15, -0.1) is 11.3 Å². The molecule has 1 fully saturated rings. The van der Waals surface area contributed by atoms with E-state index < -0.39 is 11.9 Å². The fourth-order valence-corrected chi connectivity index (χ4v) is 5.46. The fraction of sp³-hybridized carbons (Fsp3) is 0.462. The van der Waals surface area contributed by atoms with Crippen molar-refractivity contribution in [2.45, 2.75) is 71.1 Å². The van der Waals surface area contributed by atoms with Crippen molar-refractivity contribution in [3.63, 3.8) is 0 Å². The number of thiazole rings is 1. The van der Waals surface area contributed by atoms with E-state index in [-0.39, 0.29) is 31.1 Å².